The summed E-state index contributed by atoms with van der Waals surface area (Å²) in [5.41, 5.74) is 0.721. The maximum absolute atomic E-state index is 13.7. The first kappa shape index (κ1) is 19.2. The number of likely N-dealkylation sites (N-methyl/N-ethyl adjacent to an activating group) is 1. The predicted octanol–water partition coefficient (Wildman–Crippen LogP) is 2.71. The van der Waals surface area contributed by atoms with Gasteiger partial charge in [-0.05, 0) is 38.1 Å². The molecular formula is C17H28FN3O2. The van der Waals surface area contributed by atoms with E-state index < -0.39 is 5.82 Å². The van der Waals surface area contributed by atoms with Crippen LogP contribution in [0.25, 0.3) is 0 Å². The van der Waals surface area contributed by atoms with Crippen LogP contribution in [-0.4, -0.2) is 55.7 Å². The second kappa shape index (κ2) is 9.35. The van der Waals surface area contributed by atoms with Gasteiger partial charge >= 0.3 is 6.03 Å². The number of amides is 2. The lowest BCUT2D eigenvalue weighted by Crippen LogP contribution is -2.42. The molecule has 0 aromatic heterocycles. The molecule has 1 aromatic rings. The van der Waals surface area contributed by atoms with Crippen molar-refractivity contribution in [2.75, 3.05) is 33.8 Å². The predicted molar refractivity (Wildman–Crippen MR) is 90.2 cm³/mol. The second-order valence-electron chi connectivity index (χ2n) is 5.78. The summed E-state index contributed by atoms with van der Waals surface area (Å²) in [6.07, 6.45) is 0. The van der Waals surface area contributed by atoms with E-state index in [9.17, 15) is 9.18 Å². The summed E-state index contributed by atoms with van der Waals surface area (Å²) >= 11 is 0. The zero-order chi connectivity index (χ0) is 17.4. The van der Waals surface area contributed by atoms with Gasteiger partial charge in [-0.25, -0.2) is 9.18 Å². The molecule has 0 heterocycles. The summed E-state index contributed by atoms with van der Waals surface area (Å²) in [7, 11) is 3.12. The Morgan fingerprint density at radius 3 is 2.61 bits per heavy atom. The van der Waals surface area contributed by atoms with Crippen molar-refractivity contribution in [3.63, 3.8) is 0 Å². The molecule has 0 aliphatic carbocycles. The molecule has 1 aromatic carbocycles. The standard InChI is InChI=1S/C17H28FN3O2/c1-6-21(13(2)3)10-9-19-17(22)20(4)12-14-7-8-16(23-5)15(18)11-14/h7-8,11,13H,6,9-10,12H2,1-5H3,(H,19,22). The summed E-state index contributed by atoms with van der Waals surface area (Å²) < 4.78 is 18.5. The molecule has 0 aliphatic heterocycles. The highest BCUT2D eigenvalue weighted by molar-refractivity contribution is 5.73. The quantitative estimate of drug-likeness (QED) is 0.799. The van der Waals surface area contributed by atoms with E-state index in [4.69, 9.17) is 4.74 Å². The third-order valence-corrected chi connectivity index (χ3v) is 3.79. The average Bonchev–Trinajstić information content (AvgIpc) is 2.51. The molecule has 0 saturated carbocycles. The summed E-state index contributed by atoms with van der Waals surface area (Å²) in [5.74, 6) is -0.219. The summed E-state index contributed by atoms with van der Waals surface area (Å²) in [6, 6.07) is 5.00. The van der Waals surface area contributed by atoms with Crippen molar-refractivity contribution >= 4 is 6.03 Å². The van der Waals surface area contributed by atoms with Gasteiger partial charge in [-0.2, -0.15) is 0 Å². The van der Waals surface area contributed by atoms with Gasteiger partial charge in [-0.15, -0.1) is 0 Å². The SMILES string of the molecule is CCN(CCNC(=O)N(C)Cc1ccc(OC)c(F)c1)C(C)C. The fourth-order valence-corrected chi connectivity index (χ4v) is 2.38. The van der Waals surface area contributed by atoms with Crippen LogP contribution >= 0.6 is 0 Å². The van der Waals surface area contributed by atoms with E-state index in [0.29, 0.717) is 19.1 Å². The number of carbonyl (C=O) groups is 1. The van der Waals surface area contributed by atoms with Gasteiger partial charge in [0.25, 0.3) is 0 Å². The van der Waals surface area contributed by atoms with Crippen molar-refractivity contribution in [1.29, 1.82) is 0 Å². The molecule has 130 valence electrons. The number of methoxy groups -OCH3 is 1. The van der Waals surface area contributed by atoms with Crippen LogP contribution in [0, 0.1) is 5.82 Å². The van der Waals surface area contributed by atoms with Gasteiger partial charge in [-0.3, -0.25) is 4.90 Å². The van der Waals surface area contributed by atoms with Crippen LogP contribution in [0.3, 0.4) is 0 Å². The summed E-state index contributed by atoms with van der Waals surface area (Å²) in [4.78, 5) is 15.9. The van der Waals surface area contributed by atoms with Gasteiger partial charge in [0, 0.05) is 32.7 Å². The van der Waals surface area contributed by atoms with E-state index in [2.05, 4.69) is 31.0 Å². The Bertz CT molecular complexity index is 509. The Morgan fingerprint density at radius 1 is 1.39 bits per heavy atom. The molecule has 0 aliphatic rings. The largest absolute Gasteiger partial charge is 0.494 e. The molecule has 0 saturated heterocycles. The highest BCUT2D eigenvalue weighted by Crippen LogP contribution is 2.18. The van der Waals surface area contributed by atoms with Crippen molar-refractivity contribution in [3.05, 3.63) is 29.6 Å². The van der Waals surface area contributed by atoms with Gasteiger partial charge in [-0.1, -0.05) is 13.0 Å². The Kier molecular flexibility index (Phi) is 7.81. The first-order valence-electron chi connectivity index (χ1n) is 7.94. The number of nitrogens with one attached hydrogen (secondary N) is 1. The van der Waals surface area contributed by atoms with Crippen molar-refractivity contribution in [2.24, 2.45) is 0 Å². The van der Waals surface area contributed by atoms with Crippen molar-refractivity contribution in [1.82, 2.24) is 15.1 Å². The van der Waals surface area contributed by atoms with Crippen LogP contribution in [-0.2, 0) is 6.54 Å². The minimum atomic E-state index is -0.422. The smallest absolute Gasteiger partial charge is 0.317 e. The third-order valence-electron chi connectivity index (χ3n) is 3.79. The first-order valence-corrected chi connectivity index (χ1v) is 7.94. The molecular weight excluding hydrogens is 297 g/mol. The highest BCUT2D eigenvalue weighted by atomic mass is 19.1. The number of halogens is 1. The lowest BCUT2D eigenvalue weighted by molar-refractivity contribution is 0.198. The Morgan fingerprint density at radius 2 is 2.09 bits per heavy atom. The minimum Gasteiger partial charge on any atom is -0.494 e. The fraction of sp³-hybridized carbons (Fsp3) is 0.588. The van der Waals surface area contributed by atoms with Crippen molar-refractivity contribution < 1.29 is 13.9 Å². The molecule has 0 unspecified atom stereocenters. The Balaban J connectivity index is 2.46. The van der Waals surface area contributed by atoms with Gasteiger partial charge < -0.3 is 15.0 Å². The normalized spacial score (nSPS) is 11.0. The third kappa shape index (κ3) is 6.06. The zero-order valence-corrected chi connectivity index (χ0v) is 14.7. The van der Waals surface area contributed by atoms with Gasteiger partial charge in [0.05, 0.1) is 7.11 Å². The number of hydrogen-bond acceptors (Lipinski definition) is 3. The van der Waals surface area contributed by atoms with Crippen LogP contribution in [0.1, 0.15) is 26.3 Å². The molecule has 1 N–H and O–H groups in total. The van der Waals surface area contributed by atoms with Gasteiger partial charge in [0.1, 0.15) is 0 Å². The molecule has 0 bridgehead atoms. The number of benzene rings is 1. The molecule has 6 heteroatoms. The maximum Gasteiger partial charge on any atom is 0.317 e. The summed E-state index contributed by atoms with van der Waals surface area (Å²) in [5, 5.41) is 2.89. The maximum atomic E-state index is 13.7. The van der Waals surface area contributed by atoms with E-state index in [1.807, 2.05) is 0 Å². The fourth-order valence-electron chi connectivity index (χ4n) is 2.38. The minimum absolute atomic E-state index is 0.166. The number of hydrogen-bond donors (Lipinski definition) is 1. The second-order valence-corrected chi connectivity index (χ2v) is 5.78. The van der Waals surface area contributed by atoms with Crippen LogP contribution in [0.5, 0.6) is 5.75 Å². The average molecular weight is 325 g/mol. The van der Waals surface area contributed by atoms with Crippen molar-refractivity contribution in [2.45, 2.75) is 33.4 Å². The molecule has 5 nitrogen and oxygen atoms in total. The topological polar surface area (TPSA) is 44.8 Å². The van der Waals surface area contributed by atoms with E-state index in [-0.39, 0.29) is 11.8 Å². The number of nitrogens with zero attached hydrogens (tertiary/aromatic N) is 2. The van der Waals surface area contributed by atoms with E-state index in [0.717, 1.165) is 18.7 Å². The highest BCUT2D eigenvalue weighted by Gasteiger charge is 2.12. The molecule has 0 fully saturated rings. The molecule has 23 heavy (non-hydrogen) atoms. The van der Waals surface area contributed by atoms with E-state index in [1.54, 1.807) is 19.2 Å². The summed E-state index contributed by atoms with van der Waals surface area (Å²) in [6.45, 7) is 9.07. The Hall–Kier alpha value is -1.82. The van der Waals surface area contributed by atoms with Gasteiger partial charge in [0.15, 0.2) is 11.6 Å². The van der Waals surface area contributed by atoms with Crippen LogP contribution in [0.15, 0.2) is 18.2 Å². The zero-order valence-electron chi connectivity index (χ0n) is 14.7. The number of rotatable bonds is 8. The molecule has 2 amide bonds. The van der Waals surface area contributed by atoms with Gasteiger partial charge in [0.2, 0.25) is 0 Å². The first-order chi connectivity index (χ1) is 10.9. The molecule has 0 atom stereocenters. The van der Waals surface area contributed by atoms with E-state index in [1.165, 1.54) is 18.1 Å². The number of ether oxygens (including phenoxy) is 1. The number of carbonyl (C=O) groups excluding carboxylic acids is 1. The van der Waals surface area contributed by atoms with Crippen molar-refractivity contribution in [3.8, 4) is 5.75 Å². The molecule has 1 rings (SSSR count). The lowest BCUT2D eigenvalue weighted by atomic mass is 10.2. The van der Waals surface area contributed by atoms with Crippen LogP contribution in [0.2, 0.25) is 0 Å². The van der Waals surface area contributed by atoms with Crippen LogP contribution in [0.4, 0.5) is 9.18 Å². The monoisotopic (exact) mass is 325 g/mol. The molecule has 0 radical (unpaired) electrons. The van der Waals surface area contributed by atoms with E-state index >= 15 is 0 Å². The number of urea groups is 1. The Labute approximate surface area is 138 Å². The lowest BCUT2D eigenvalue weighted by Gasteiger charge is -2.25. The van der Waals surface area contributed by atoms with Crippen LogP contribution < -0.4 is 10.1 Å². The molecule has 0 spiro atoms.